The largest absolute Gasteiger partial charge is 0.493 e. The van der Waals surface area contributed by atoms with Crippen LogP contribution in [-0.2, 0) is 19.8 Å². The molecule has 35 heavy (non-hydrogen) atoms. The molecular formula is C27H30N2O6. The molecule has 1 amide bonds. The van der Waals surface area contributed by atoms with E-state index in [9.17, 15) is 9.59 Å². The van der Waals surface area contributed by atoms with Crippen LogP contribution in [0.5, 0.6) is 11.5 Å². The monoisotopic (exact) mass is 478 g/mol. The number of nitrogens with one attached hydrogen (secondary N) is 1. The van der Waals surface area contributed by atoms with Gasteiger partial charge in [-0.2, -0.15) is 5.26 Å². The fourth-order valence-electron chi connectivity index (χ4n) is 3.13. The number of rotatable bonds is 10. The third-order valence-electron chi connectivity index (χ3n) is 5.09. The maximum Gasteiger partial charge on any atom is 0.407 e. The lowest BCUT2D eigenvalue weighted by Crippen LogP contribution is -2.41. The highest BCUT2D eigenvalue weighted by atomic mass is 16.6. The zero-order valence-corrected chi connectivity index (χ0v) is 20.6. The topological polar surface area (TPSA) is 107 Å². The Bertz CT molecular complexity index is 1160. The highest BCUT2D eigenvalue weighted by Crippen LogP contribution is 2.29. The number of amides is 1. The van der Waals surface area contributed by atoms with E-state index in [-0.39, 0.29) is 18.8 Å². The van der Waals surface area contributed by atoms with Crippen LogP contribution >= 0.6 is 0 Å². The molecule has 2 rings (SSSR count). The van der Waals surface area contributed by atoms with Crippen LogP contribution in [0.1, 0.15) is 37.5 Å². The minimum atomic E-state index is -0.728. The molecule has 0 fully saturated rings. The van der Waals surface area contributed by atoms with Gasteiger partial charge in [-0.3, -0.25) is 0 Å². The number of nitrogens with zero attached hydrogens (tertiary/aromatic N) is 1. The van der Waals surface area contributed by atoms with Crippen LogP contribution in [0.25, 0.3) is 11.6 Å². The van der Waals surface area contributed by atoms with Crippen molar-refractivity contribution < 1.29 is 28.5 Å². The van der Waals surface area contributed by atoms with Gasteiger partial charge in [0.25, 0.3) is 0 Å². The van der Waals surface area contributed by atoms with Gasteiger partial charge in [0.2, 0.25) is 0 Å². The van der Waals surface area contributed by atoms with Gasteiger partial charge in [-0.1, -0.05) is 36.4 Å². The van der Waals surface area contributed by atoms with Gasteiger partial charge in [-0.05, 0) is 61.7 Å². The highest BCUT2D eigenvalue weighted by Gasteiger charge is 2.24. The van der Waals surface area contributed by atoms with Crippen molar-refractivity contribution in [3.05, 3.63) is 71.3 Å². The SMILES string of the molecule is C=C(C)c1cccc(C(C)(C)NC(=O)OCCOc2ccc(/C=C(\C#N)C(=O)OC)cc2OC)c1. The Morgan fingerprint density at radius 3 is 2.49 bits per heavy atom. The van der Waals surface area contributed by atoms with E-state index in [1.807, 2.05) is 45.0 Å². The van der Waals surface area contributed by atoms with Gasteiger partial charge in [-0.25, -0.2) is 9.59 Å². The Hall–Kier alpha value is -4.25. The average molecular weight is 479 g/mol. The average Bonchev–Trinajstić information content (AvgIpc) is 2.84. The van der Waals surface area contributed by atoms with E-state index in [4.69, 9.17) is 19.5 Å². The van der Waals surface area contributed by atoms with Crippen molar-refractivity contribution in [2.24, 2.45) is 0 Å². The molecule has 0 aliphatic carbocycles. The van der Waals surface area contributed by atoms with Crippen LogP contribution in [-0.4, -0.2) is 39.5 Å². The number of benzene rings is 2. The van der Waals surface area contributed by atoms with Crippen LogP contribution in [0.2, 0.25) is 0 Å². The number of esters is 1. The molecule has 0 aromatic heterocycles. The first-order valence-corrected chi connectivity index (χ1v) is 10.8. The molecule has 0 heterocycles. The molecule has 8 heteroatoms. The van der Waals surface area contributed by atoms with Crippen LogP contribution in [0, 0.1) is 11.3 Å². The summed E-state index contributed by atoms with van der Waals surface area (Å²) in [5, 5.41) is 12.0. The van der Waals surface area contributed by atoms with E-state index >= 15 is 0 Å². The van der Waals surface area contributed by atoms with Crippen molar-refractivity contribution in [1.82, 2.24) is 5.32 Å². The summed E-state index contributed by atoms with van der Waals surface area (Å²) in [7, 11) is 2.67. The first-order valence-electron chi connectivity index (χ1n) is 10.8. The van der Waals surface area contributed by atoms with Crippen molar-refractivity contribution >= 4 is 23.7 Å². The van der Waals surface area contributed by atoms with Crippen LogP contribution in [0.15, 0.2) is 54.6 Å². The Morgan fingerprint density at radius 1 is 1.11 bits per heavy atom. The van der Waals surface area contributed by atoms with Crippen LogP contribution in [0.4, 0.5) is 4.79 Å². The summed E-state index contributed by atoms with van der Waals surface area (Å²) in [5.41, 5.74) is 2.64. The number of hydrogen-bond acceptors (Lipinski definition) is 7. The third-order valence-corrected chi connectivity index (χ3v) is 5.09. The lowest BCUT2D eigenvalue weighted by Gasteiger charge is -2.27. The predicted octanol–water partition coefficient (Wildman–Crippen LogP) is 4.85. The summed E-state index contributed by atoms with van der Waals surface area (Å²) in [4.78, 5) is 23.9. The number of allylic oxidation sites excluding steroid dienone is 1. The summed E-state index contributed by atoms with van der Waals surface area (Å²) < 4.78 is 20.8. The maximum atomic E-state index is 12.3. The zero-order valence-electron chi connectivity index (χ0n) is 20.6. The van der Waals surface area contributed by atoms with Gasteiger partial charge in [0.15, 0.2) is 11.5 Å². The second-order valence-electron chi connectivity index (χ2n) is 8.17. The molecule has 1 N–H and O–H groups in total. The summed E-state index contributed by atoms with van der Waals surface area (Å²) in [6.45, 7) is 9.78. The van der Waals surface area contributed by atoms with Crippen LogP contribution in [0.3, 0.4) is 0 Å². The molecular weight excluding hydrogens is 448 g/mol. The standard InChI is InChI=1S/C27H30N2O6/c1-18(2)20-8-7-9-22(16-20)27(3,4)29-26(31)35-13-12-34-23-11-10-19(15-24(23)32-5)14-21(17-28)25(30)33-6/h7-11,14-16H,1,12-13H2,2-6H3,(H,29,31)/b21-14+. The number of carbonyl (C=O) groups excluding carboxylic acids is 2. The van der Waals surface area contributed by atoms with Crippen molar-refractivity contribution in [2.45, 2.75) is 26.3 Å². The van der Waals surface area contributed by atoms with E-state index in [1.54, 1.807) is 24.3 Å². The van der Waals surface area contributed by atoms with Gasteiger partial charge in [0.1, 0.15) is 24.9 Å². The summed E-state index contributed by atoms with van der Waals surface area (Å²) in [6, 6.07) is 14.5. The van der Waals surface area contributed by atoms with E-state index < -0.39 is 17.6 Å². The molecule has 8 nitrogen and oxygen atoms in total. The van der Waals surface area contributed by atoms with Gasteiger partial charge in [-0.15, -0.1) is 0 Å². The van der Waals surface area contributed by atoms with Gasteiger partial charge in [0.05, 0.1) is 19.8 Å². The number of ether oxygens (including phenoxy) is 4. The first kappa shape index (κ1) is 27.0. The second-order valence-corrected chi connectivity index (χ2v) is 8.17. The highest BCUT2D eigenvalue weighted by molar-refractivity contribution is 5.97. The Balaban J connectivity index is 1.94. The quantitative estimate of drug-likeness (QED) is 0.225. The minimum Gasteiger partial charge on any atom is -0.493 e. The predicted molar refractivity (Wildman–Crippen MR) is 133 cm³/mol. The maximum absolute atomic E-state index is 12.3. The molecule has 0 unspecified atom stereocenters. The fourth-order valence-corrected chi connectivity index (χ4v) is 3.13. The van der Waals surface area contributed by atoms with E-state index in [0.29, 0.717) is 17.1 Å². The molecule has 0 radical (unpaired) electrons. The third kappa shape index (κ3) is 7.64. The van der Waals surface area contributed by atoms with E-state index in [0.717, 1.165) is 16.7 Å². The first-order chi connectivity index (χ1) is 16.6. The van der Waals surface area contributed by atoms with Gasteiger partial charge >= 0.3 is 12.1 Å². The van der Waals surface area contributed by atoms with Gasteiger partial charge in [0, 0.05) is 0 Å². The summed E-state index contributed by atoms with van der Waals surface area (Å²) in [5.74, 6) is 0.0833. The molecule has 0 aliphatic heterocycles. The van der Waals surface area contributed by atoms with E-state index in [1.165, 1.54) is 20.3 Å². The molecule has 0 bridgehead atoms. The molecule has 2 aromatic carbocycles. The Labute approximate surface area is 205 Å². The number of carbonyl (C=O) groups is 2. The van der Waals surface area contributed by atoms with Gasteiger partial charge < -0.3 is 24.3 Å². The van der Waals surface area contributed by atoms with Crippen LogP contribution < -0.4 is 14.8 Å². The van der Waals surface area contributed by atoms with Crippen molar-refractivity contribution in [1.29, 1.82) is 5.26 Å². The zero-order chi connectivity index (χ0) is 26.0. The van der Waals surface area contributed by atoms with Crippen molar-refractivity contribution in [3.63, 3.8) is 0 Å². The number of methoxy groups -OCH3 is 2. The minimum absolute atomic E-state index is 0.0133. The number of nitriles is 1. The summed E-state index contributed by atoms with van der Waals surface area (Å²) >= 11 is 0. The molecule has 0 spiro atoms. The molecule has 0 atom stereocenters. The lowest BCUT2D eigenvalue weighted by molar-refractivity contribution is -0.135. The summed E-state index contributed by atoms with van der Waals surface area (Å²) in [6.07, 6.45) is 0.818. The number of alkyl carbamates (subject to hydrolysis) is 1. The van der Waals surface area contributed by atoms with Crippen molar-refractivity contribution in [3.8, 4) is 17.6 Å². The molecule has 0 saturated carbocycles. The normalized spacial score (nSPS) is 11.1. The molecule has 184 valence electrons. The smallest absolute Gasteiger partial charge is 0.407 e. The fraction of sp³-hybridized carbons (Fsp3) is 0.296. The number of hydrogen-bond donors (Lipinski definition) is 1. The molecule has 0 aliphatic rings. The van der Waals surface area contributed by atoms with Crippen molar-refractivity contribution in [2.75, 3.05) is 27.4 Å². The Morgan fingerprint density at radius 2 is 1.86 bits per heavy atom. The second kappa shape index (κ2) is 12.3. The molecule has 2 aromatic rings. The lowest BCUT2D eigenvalue weighted by atomic mass is 9.92. The molecule has 0 saturated heterocycles. The Kier molecular flexibility index (Phi) is 9.47. The van der Waals surface area contributed by atoms with E-state index in [2.05, 4.69) is 16.6 Å².